The summed E-state index contributed by atoms with van der Waals surface area (Å²) in [6.45, 7) is 10.9. The van der Waals surface area contributed by atoms with Crippen molar-refractivity contribution in [2.24, 2.45) is 5.41 Å². The van der Waals surface area contributed by atoms with Crippen LogP contribution in [0.1, 0.15) is 54.4 Å². The van der Waals surface area contributed by atoms with Gasteiger partial charge in [0, 0.05) is 13.6 Å². The van der Waals surface area contributed by atoms with Gasteiger partial charge in [0.05, 0.1) is 7.11 Å². The molecule has 0 aromatic rings. The number of esters is 1. The second kappa shape index (κ2) is 9.45. The lowest BCUT2D eigenvalue weighted by molar-refractivity contribution is -0.153. The molecule has 29 heavy (non-hydrogen) atoms. The van der Waals surface area contributed by atoms with Gasteiger partial charge in [0.1, 0.15) is 24.2 Å². The van der Waals surface area contributed by atoms with Crippen molar-refractivity contribution in [3.05, 3.63) is 0 Å². The van der Waals surface area contributed by atoms with Crippen molar-refractivity contribution >= 4 is 23.9 Å². The largest absolute Gasteiger partial charge is 0.467 e. The van der Waals surface area contributed by atoms with E-state index in [-0.39, 0.29) is 12.5 Å². The zero-order valence-corrected chi connectivity index (χ0v) is 18.8. The number of ether oxygens (including phenoxy) is 2. The maximum atomic E-state index is 13.2. The monoisotopic (exact) mass is 413 g/mol. The molecule has 0 saturated carbocycles. The van der Waals surface area contributed by atoms with Crippen LogP contribution in [-0.2, 0) is 23.9 Å². The van der Waals surface area contributed by atoms with Crippen molar-refractivity contribution in [1.29, 1.82) is 0 Å². The van der Waals surface area contributed by atoms with E-state index in [1.807, 2.05) is 20.8 Å². The number of nitrogens with one attached hydrogen (secondary N) is 1. The molecule has 0 aromatic carbocycles. The van der Waals surface area contributed by atoms with E-state index < -0.39 is 41.1 Å². The molecule has 0 aromatic heterocycles. The van der Waals surface area contributed by atoms with Crippen molar-refractivity contribution in [2.45, 2.75) is 72.1 Å². The molecular weight excluding hydrogens is 378 g/mol. The quantitative estimate of drug-likeness (QED) is 0.686. The van der Waals surface area contributed by atoms with Gasteiger partial charge in [0.2, 0.25) is 11.8 Å². The van der Waals surface area contributed by atoms with E-state index in [1.54, 1.807) is 20.8 Å². The Morgan fingerprint density at radius 3 is 2.21 bits per heavy atom. The predicted molar refractivity (Wildman–Crippen MR) is 107 cm³/mol. The minimum absolute atomic E-state index is 0.255. The lowest BCUT2D eigenvalue weighted by atomic mass is 9.85. The van der Waals surface area contributed by atoms with Crippen molar-refractivity contribution < 1.29 is 28.7 Å². The Hall–Kier alpha value is -2.32. The molecule has 3 amide bonds. The number of likely N-dealkylation sites (N-methyl/N-ethyl adjacent to an activating group) is 1. The molecular formula is C20H35N3O6. The van der Waals surface area contributed by atoms with Crippen LogP contribution in [0.2, 0.25) is 0 Å². The summed E-state index contributed by atoms with van der Waals surface area (Å²) in [5.41, 5.74) is -1.27. The fraction of sp³-hybridized carbons (Fsp3) is 0.800. The van der Waals surface area contributed by atoms with Crippen LogP contribution in [-0.4, -0.2) is 78.6 Å². The summed E-state index contributed by atoms with van der Waals surface area (Å²) in [5.74, 6) is -1.28. The van der Waals surface area contributed by atoms with E-state index in [0.717, 1.165) is 4.90 Å². The number of carbonyl (C=O) groups is 4. The van der Waals surface area contributed by atoms with Crippen LogP contribution >= 0.6 is 0 Å². The Morgan fingerprint density at radius 1 is 1.14 bits per heavy atom. The molecule has 1 saturated heterocycles. The van der Waals surface area contributed by atoms with Crippen LogP contribution in [0.3, 0.4) is 0 Å². The highest BCUT2D eigenvalue weighted by Crippen LogP contribution is 2.26. The Morgan fingerprint density at radius 2 is 1.72 bits per heavy atom. The van der Waals surface area contributed by atoms with E-state index in [9.17, 15) is 19.2 Å². The summed E-state index contributed by atoms with van der Waals surface area (Å²) in [7, 11) is 2.74. The van der Waals surface area contributed by atoms with Crippen LogP contribution in [0.5, 0.6) is 0 Å². The van der Waals surface area contributed by atoms with Crippen LogP contribution in [0.15, 0.2) is 0 Å². The predicted octanol–water partition coefficient (Wildman–Crippen LogP) is 1.55. The number of amides is 3. The first-order valence-electron chi connectivity index (χ1n) is 9.79. The third kappa shape index (κ3) is 7.21. The first-order valence-corrected chi connectivity index (χ1v) is 9.79. The zero-order valence-electron chi connectivity index (χ0n) is 18.8. The van der Waals surface area contributed by atoms with Gasteiger partial charge in [-0.1, -0.05) is 20.8 Å². The SMILES string of the molecule is COC(=O)C1CCCN1C(=O)C(NC(=O)CN(C)C(=O)OC(C)(C)C)C(C)(C)C. The zero-order chi connectivity index (χ0) is 22.6. The highest BCUT2D eigenvalue weighted by Gasteiger charge is 2.42. The fourth-order valence-electron chi connectivity index (χ4n) is 3.05. The molecule has 9 nitrogen and oxygen atoms in total. The molecule has 2 atom stereocenters. The maximum Gasteiger partial charge on any atom is 0.410 e. The van der Waals surface area contributed by atoms with E-state index in [2.05, 4.69) is 5.32 Å². The first-order chi connectivity index (χ1) is 13.2. The van der Waals surface area contributed by atoms with Gasteiger partial charge in [0.15, 0.2) is 0 Å². The van der Waals surface area contributed by atoms with Gasteiger partial charge >= 0.3 is 12.1 Å². The van der Waals surface area contributed by atoms with Crippen molar-refractivity contribution in [3.8, 4) is 0 Å². The Balaban J connectivity index is 2.86. The lowest BCUT2D eigenvalue weighted by Crippen LogP contribution is -2.58. The minimum Gasteiger partial charge on any atom is -0.467 e. The van der Waals surface area contributed by atoms with Crippen LogP contribution < -0.4 is 5.32 Å². The molecule has 1 fully saturated rings. The van der Waals surface area contributed by atoms with E-state index in [1.165, 1.54) is 19.1 Å². The molecule has 0 aliphatic carbocycles. The third-order valence-electron chi connectivity index (χ3n) is 4.51. The first kappa shape index (κ1) is 24.7. The van der Waals surface area contributed by atoms with Crippen LogP contribution in [0.25, 0.3) is 0 Å². The molecule has 1 aliphatic rings. The second-order valence-corrected chi connectivity index (χ2v) is 9.42. The molecule has 9 heteroatoms. The number of carbonyl (C=O) groups excluding carboxylic acids is 4. The number of nitrogens with zero attached hydrogens (tertiary/aromatic N) is 2. The standard InChI is InChI=1S/C20H35N3O6/c1-19(2,3)15(16(25)23-11-9-10-13(23)17(26)28-8)21-14(24)12-22(7)18(27)29-20(4,5)6/h13,15H,9-12H2,1-8H3,(H,21,24). The molecule has 0 bridgehead atoms. The molecule has 1 aliphatic heterocycles. The van der Waals surface area contributed by atoms with Gasteiger partial charge in [-0.15, -0.1) is 0 Å². The average Bonchev–Trinajstić information content (AvgIpc) is 3.05. The van der Waals surface area contributed by atoms with Gasteiger partial charge in [-0.05, 0) is 39.0 Å². The third-order valence-corrected chi connectivity index (χ3v) is 4.51. The highest BCUT2D eigenvalue weighted by atomic mass is 16.6. The Kier molecular flexibility index (Phi) is 8.06. The average molecular weight is 414 g/mol. The summed E-state index contributed by atoms with van der Waals surface area (Å²) in [6.07, 6.45) is 0.596. The molecule has 2 unspecified atom stereocenters. The molecule has 1 rings (SSSR count). The second-order valence-electron chi connectivity index (χ2n) is 9.42. The van der Waals surface area contributed by atoms with Crippen LogP contribution in [0, 0.1) is 5.41 Å². The maximum absolute atomic E-state index is 13.2. The smallest absolute Gasteiger partial charge is 0.410 e. The topological polar surface area (TPSA) is 105 Å². The van der Waals surface area contributed by atoms with Crippen molar-refractivity contribution in [3.63, 3.8) is 0 Å². The number of hydrogen-bond donors (Lipinski definition) is 1. The number of hydrogen-bond acceptors (Lipinski definition) is 6. The van der Waals surface area contributed by atoms with Gasteiger partial charge < -0.3 is 24.6 Å². The molecule has 0 spiro atoms. The van der Waals surface area contributed by atoms with E-state index in [0.29, 0.717) is 19.4 Å². The normalized spacial score (nSPS) is 18.1. The van der Waals surface area contributed by atoms with Gasteiger partial charge in [0.25, 0.3) is 0 Å². The highest BCUT2D eigenvalue weighted by molar-refractivity contribution is 5.92. The van der Waals surface area contributed by atoms with E-state index >= 15 is 0 Å². The number of likely N-dealkylation sites (tertiary alicyclic amines) is 1. The summed E-state index contributed by atoms with van der Waals surface area (Å²) in [5, 5.41) is 2.73. The summed E-state index contributed by atoms with van der Waals surface area (Å²) >= 11 is 0. The molecule has 1 N–H and O–H groups in total. The lowest BCUT2D eigenvalue weighted by Gasteiger charge is -2.35. The number of methoxy groups -OCH3 is 1. The summed E-state index contributed by atoms with van der Waals surface area (Å²) in [6, 6.07) is -1.49. The fourth-order valence-corrected chi connectivity index (χ4v) is 3.05. The molecule has 166 valence electrons. The Bertz CT molecular complexity index is 635. The minimum atomic E-state index is -0.854. The van der Waals surface area contributed by atoms with Gasteiger partial charge in [-0.2, -0.15) is 0 Å². The summed E-state index contributed by atoms with van der Waals surface area (Å²) in [4.78, 5) is 52.4. The molecule has 1 heterocycles. The Labute approximate surface area is 173 Å². The van der Waals surface area contributed by atoms with Gasteiger partial charge in [-0.25, -0.2) is 9.59 Å². The summed E-state index contributed by atoms with van der Waals surface area (Å²) < 4.78 is 10.0. The van der Waals surface area contributed by atoms with Gasteiger partial charge in [-0.3, -0.25) is 9.59 Å². The van der Waals surface area contributed by atoms with Crippen molar-refractivity contribution in [2.75, 3.05) is 27.2 Å². The van der Waals surface area contributed by atoms with Crippen LogP contribution in [0.4, 0.5) is 4.79 Å². The van der Waals surface area contributed by atoms with E-state index in [4.69, 9.17) is 9.47 Å². The van der Waals surface area contributed by atoms with Crippen molar-refractivity contribution in [1.82, 2.24) is 15.1 Å². The molecule has 0 radical (unpaired) electrons. The number of rotatable bonds is 5.